The second-order valence-corrected chi connectivity index (χ2v) is 4.52. The molecule has 0 saturated heterocycles. The van der Waals surface area contributed by atoms with Crippen molar-refractivity contribution in [2.75, 3.05) is 19.5 Å². The van der Waals surface area contributed by atoms with Gasteiger partial charge in [-0.15, -0.1) is 0 Å². The first-order valence-electron chi connectivity index (χ1n) is 6.68. The molecule has 0 bridgehead atoms. The van der Waals surface area contributed by atoms with Crippen molar-refractivity contribution < 1.29 is 19.1 Å². The van der Waals surface area contributed by atoms with Crippen molar-refractivity contribution in [3.8, 4) is 11.4 Å². The Hall–Kier alpha value is -3.16. The molecule has 2 aromatic rings. The fourth-order valence-corrected chi connectivity index (χ4v) is 1.80. The van der Waals surface area contributed by atoms with E-state index >= 15 is 0 Å². The molecule has 0 fully saturated rings. The molecular formula is C15H16N4O4. The van der Waals surface area contributed by atoms with E-state index in [0.717, 1.165) is 11.6 Å². The Morgan fingerprint density at radius 3 is 2.65 bits per heavy atom. The van der Waals surface area contributed by atoms with Crippen molar-refractivity contribution in [2.24, 2.45) is 0 Å². The van der Waals surface area contributed by atoms with Crippen LogP contribution in [0.15, 0.2) is 36.0 Å². The number of aromatic nitrogens is 3. The predicted octanol–water partition coefficient (Wildman–Crippen LogP) is 1.42. The standard InChI is InChI=1S/C15H16N4O4/c1-9-16-14(19-18-9)10-5-4-6-11(7-10)17-12(15(21)23-3)8-13(20)22-2/h4-8,17H,1-3H3,(H,16,18,19)/b12-8+. The molecule has 1 aromatic heterocycles. The monoisotopic (exact) mass is 316 g/mol. The van der Waals surface area contributed by atoms with Gasteiger partial charge in [-0.1, -0.05) is 12.1 Å². The Bertz CT molecular complexity index is 751. The maximum absolute atomic E-state index is 11.7. The lowest BCUT2D eigenvalue weighted by atomic mass is 10.2. The molecule has 8 nitrogen and oxygen atoms in total. The summed E-state index contributed by atoms with van der Waals surface area (Å²) in [6.45, 7) is 1.80. The third kappa shape index (κ3) is 4.16. The van der Waals surface area contributed by atoms with Crippen LogP contribution in [0.3, 0.4) is 0 Å². The summed E-state index contributed by atoms with van der Waals surface area (Å²) < 4.78 is 9.16. The van der Waals surface area contributed by atoms with Gasteiger partial charge in [0.2, 0.25) is 0 Å². The number of aryl methyl sites for hydroxylation is 1. The van der Waals surface area contributed by atoms with Crippen LogP contribution in [0.25, 0.3) is 11.4 Å². The number of esters is 2. The van der Waals surface area contributed by atoms with Crippen LogP contribution in [-0.2, 0) is 19.1 Å². The summed E-state index contributed by atoms with van der Waals surface area (Å²) >= 11 is 0. The normalized spacial score (nSPS) is 11.0. The van der Waals surface area contributed by atoms with E-state index in [1.807, 2.05) is 6.07 Å². The Kier molecular flexibility index (Phi) is 5.08. The summed E-state index contributed by atoms with van der Waals surface area (Å²) in [5.41, 5.74) is 1.29. The van der Waals surface area contributed by atoms with E-state index in [9.17, 15) is 9.59 Å². The lowest BCUT2D eigenvalue weighted by molar-refractivity contribution is -0.138. The zero-order valence-corrected chi connectivity index (χ0v) is 12.9. The van der Waals surface area contributed by atoms with Crippen LogP contribution in [-0.4, -0.2) is 41.3 Å². The molecule has 0 aliphatic carbocycles. The molecule has 2 rings (SSSR count). The number of H-pyrrole nitrogens is 1. The third-order valence-corrected chi connectivity index (χ3v) is 2.87. The number of rotatable bonds is 5. The first kappa shape index (κ1) is 16.2. The number of carbonyl (C=O) groups is 2. The van der Waals surface area contributed by atoms with Crippen molar-refractivity contribution in [1.82, 2.24) is 15.2 Å². The van der Waals surface area contributed by atoms with Crippen LogP contribution in [0.1, 0.15) is 5.82 Å². The highest BCUT2D eigenvalue weighted by molar-refractivity contribution is 5.98. The lowest BCUT2D eigenvalue weighted by Crippen LogP contribution is -2.15. The van der Waals surface area contributed by atoms with Crippen LogP contribution < -0.4 is 5.32 Å². The van der Waals surface area contributed by atoms with Crippen LogP contribution >= 0.6 is 0 Å². The number of nitrogens with zero attached hydrogens (tertiary/aromatic N) is 2. The highest BCUT2D eigenvalue weighted by Gasteiger charge is 2.13. The molecule has 0 atom stereocenters. The Morgan fingerprint density at radius 1 is 1.26 bits per heavy atom. The van der Waals surface area contributed by atoms with Gasteiger partial charge in [0, 0.05) is 11.3 Å². The minimum Gasteiger partial charge on any atom is -0.466 e. The summed E-state index contributed by atoms with van der Waals surface area (Å²) in [5, 5.41) is 9.67. The smallest absolute Gasteiger partial charge is 0.354 e. The van der Waals surface area contributed by atoms with Gasteiger partial charge >= 0.3 is 11.9 Å². The molecule has 0 spiro atoms. The number of methoxy groups -OCH3 is 2. The maximum atomic E-state index is 11.7. The Balaban J connectivity index is 2.28. The van der Waals surface area contributed by atoms with E-state index in [-0.39, 0.29) is 5.70 Å². The van der Waals surface area contributed by atoms with Crippen LogP contribution in [0.2, 0.25) is 0 Å². The van der Waals surface area contributed by atoms with Gasteiger partial charge in [0.05, 0.1) is 20.3 Å². The van der Waals surface area contributed by atoms with E-state index in [0.29, 0.717) is 17.3 Å². The first-order valence-corrected chi connectivity index (χ1v) is 6.68. The summed E-state index contributed by atoms with van der Waals surface area (Å²) in [4.78, 5) is 27.3. The zero-order chi connectivity index (χ0) is 16.8. The number of carbonyl (C=O) groups excluding carboxylic acids is 2. The molecule has 0 unspecified atom stereocenters. The van der Waals surface area contributed by atoms with Gasteiger partial charge in [-0.3, -0.25) is 5.10 Å². The third-order valence-electron chi connectivity index (χ3n) is 2.87. The predicted molar refractivity (Wildman–Crippen MR) is 82.3 cm³/mol. The molecule has 1 heterocycles. The molecule has 8 heteroatoms. The van der Waals surface area contributed by atoms with Crippen LogP contribution in [0.4, 0.5) is 5.69 Å². The minimum atomic E-state index is -0.686. The van der Waals surface area contributed by atoms with E-state index in [1.165, 1.54) is 14.2 Å². The average Bonchev–Trinajstić information content (AvgIpc) is 3.00. The number of aromatic amines is 1. The largest absolute Gasteiger partial charge is 0.466 e. The highest BCUT2D eigenvalue weighted by Crippen LogP contribution is 2.20. The number of nitrogens with one attached hydrogen (secondary N) is 2. The second-order valence-electron chi connectivity index (χ2n) is 4.52. The van der Waals surface area contributed by atoms with Gasteiger partial charge in [0.15, 0.2) is 5.82 Å². The molecule has 2 N–H and O–H groups in total. The summed E-state index contributed by atoms with van der Waals surface area (Å²) in [6, 6.07) is 7.08. The molecule has 0 radical (unpaired) electrons. The van der Waals surface area contributed by atoms with E-state index in [4.69, 9.17) is 0 Å². The average molecular weight is 316 g/mol. The number of benzene rings is 1. The van der Waals surface area contributed by atoms with Crippen LogP contribution in [0, 0.1) is 6.92 Å². The topological polar surface area (TPSA) is 106 Å². The molecule has 0 amide bonds. The van der Waals surface area contributed by atoms with Crippen molar-refractivity contribution in [2.45, 2.75) is 6.92 Å². The molecular weight excluding hydrogens is 300 g/mol. The van der Waals surface area contributed by atoms with Gasteiger partial charge in [-0.25, -0.2) is 14.6 Å². The summed E-state index contributed by atoms with van der Waals surface area (Å²) in [5.74, 6) is -0.130. The van der Waals surface area contributed by atoms with Gasteiger partial charge in [0.1, 0.15) is 11.5 Å². The SMILES string of the molecule is COC(=O)/C=C(/Nc1cccc(-c2n[nH]c(C)n2)c1)C(=O)OC. The zero-order valence-electron chi connectivity index (χ0n) is 12.9. The Morgan fingerprint density at radius 2 is 2.04 bits per heavy atom. The molecule has 1 aromatic carbocycles. The van der Waals surface area contributed by atoms with Gasteiger partial charge < -0.3 is 14.8 Å². The molecule has 0 aliphatic rings. The van der Waals surface area contributed by atoms with E-state index in [1.54, 1.807) is 25.1 Å². The minimum absolute atomic E-state index is 0.0392. The first-order chi connectivity index (χ1) is 11.0. The second kappa shape index (κ2) is 7.21. The van der Waals surface area contributed by atoms with E-state index < -0.39 is 11.9 Å². The number of hydrogen-bond acceptors (Lipinski definition) is 7. The van der Waals surface area contributed by atoms with Gasteiger partial charge in [-0.05, 0) is 19.1 Å². The number of hydrogen-bond donors (Lipinski definition) is 2. The van der Waals surface area contributed by atoms with Gasteiger partial charge in [0.25, 0.3) is 0 Å². The molecule has 120 valence electrons. The summed E-state index contributed by atoms with van der Waals surface area (Å²) in [6.07, 6.45) is 1.02. The maximum Gasteiger partial charge on any atom is 0.354 e. The lowest BCUT2D eigenvalue weighted by Gasteiger charge is -2.09. The molecule has 0 saturated carbocycles. The number of ether oxygens (including phenoxy) is 2. The van der Waals surface area contributed by atoms with Crippen molar-refractivity contribution in [1.29, 1.82) is 0 Å². The van der Waals surface area contributed by atoms with Crippen molar-refractivity contribution in [3.05, 3.63) is 41.9 Å². The van der Waals surface area contributed by atoms with Gasteiger partial charge in [-0.2, -0.15) is 5.10 Å². The molecule has 0 aliphatic heterocycles. The summed E-state index contributed by atoms with van der Waals surface area (Å²) in [7, 11) is 2.45. The Labute approximate surface area is 132 Å². The number of anilines is 1. The quantitative estimate of drug-likeness (QED) is 0.634. The van der Waals surface area contributed by atoms with Crippen LogP contribution in [0.5, 0.6) is 0 Å². The van der Waals surface area contributed by atoms with Crippen molar-refractivity contribution >= 4 is 17.6 Å². The fourth-order valence-electron chi connectivity index (χ4n) is 1.80. The van der Waals surface area contributed by atoms with E-state index in [2.05, 4.69) is 30.0 Å². The van der Waals surface area contributed by atoms with Crippen molar-refractivity contribution in [3.63, 3.8) is 0 Å². The highest BCUT2D eigenvalue weighted by atomic mass is 16.5. The fraction of sp³-hybridized carbons (Fsp3) is 0.200. The molecule has 23 heavy (non-hydrogen) atoms.